The third-order valence-corrected chi connectivity index (χ3v) is 5.65. The van der Waals surface area contributed by atoms with Gasteiger partial charge in [-0.15, -0.1) is 0 Å². The second-order valence-corrected chi connectivity index (χ2v) is 9.28. The molecule has 3 heterocycles. The van der Waals surface area contributed by atoms with Crippen LogP contribution in [0.5, 0.6) is 0 Å². The lowest BCUT2D eigenvalue weighted by molar-refractivity contribution is -0.895. The Morgan fingerprint density at radius 3 is 2.45 bits per heavy atom. The average Bonchev–Trinajstić information content (AvgIpc) is 3.11. The summed E-state index contributed by atoms with van der Waals surface area (Å²) in [5.41, 5.74) is 5.52. The van der Waals surface area contributed by atoms with Gasteiger partial charge in [0.25, 0.3) is 0 Å². The molecule has 5 heteroatoms. The summed E-state index contributed by atoms with van der Waals surface area (Å²) in [5.74, 6) is 1.15. The Morgan fingerprint density at radius 1 is 1.14 bits per heavy atom. The molecule has 3 aromatic rings. The largest absolute Gasteiger partial charge is 0.345 e. The van der Waals surface area contributed by atoms with Crippen molar-refractivity contribution in [2.75, 3.05) is 37.6 Å². The van der Waals surface area contributed by atoms with Crippen molar-refractivity contribution in [2.24, 2.45) is 0 Å². The molecule has 29 heavy (non-hydrogen) atoms. The first-order valence-corrected chi connectivity index (χ1v) is 10.5. The van der Waals surface area contributed by atoms with Gasteiger partial charge < -0.3 is 9.80 Å². The number of benzene rings is 1. The summed E-state index contributed by atoms with van der Waals surface area (Å²) in [6, 6.07) is 12.7. The number of nitrogens with zero attached hydrogens (tertiary/aromatic N) is 4. The van der Waals surface area contributed by atoms with Gasteiger partial charge in [-0.05, 0) is 18.1 Å². The summed E-state index contributed by atoms with van der Waals surface area (Å²) < 4.78 is 2.03. The van der Waals surface area contributed by atoms with Crippen LogP contribution in [-0.4, -0.2) is 47.3 Å². The molecule has 0 atom stereocenters. The standard InChI is InChI=1S/C24H31N5/c1-18(2)17-27-11-13-28(14-12-27)22-15-21(24(3,4)5)26-23-20(16-25-29(22)23)19-9-7-6-8-10-19/h6-10,15-16H,1,11-14,17H2,2-5H3/p+1. The van der Waals surface area contributed by atoms with Crippen LogP contribution in [0.3, 0.4) is 0 Å². The maximum absolute atomic E-state index is 5.05. The first-order chi connectivity index (χ1) is 13.8. The van der Waals surface area contributed by atoms with Crippen molar-refractivity contribution >= 4 is 11.5 Å². The number of quaternary nitrogens is 1. The van der Waals surface area contributed by atoms with Gasteiger partial charge in [0.15, 0.2) is 5.65 Å². The highest BCUT2D eigenvalue weighted by Gasteiger charge is 2.26. The van der Waals surface area contributed by atoms with Gasteiger partial charge in [0.1, 0.15) is 5.82 Å². The topological polar surface area (TPSA) is 37.9 Å². The second-order valence-electron chi connectivity index (χ2n) is 9.28. The minimum Gasteiger partial charge on any atom is -0.345 e. The van der Waals surface area contributed by atoms with E-state index in [1.54, 1.807) is 4.90 Å². The summed E-state index contributed by atoms with van der Waals surface area (Å²) in [6.45, 7) is 18.2. The minimum absolute atomic E-state index is 0.0260. The first kappa shape index (κ1) is 19.6. The van der Waals surface area contributed by atoms with Crippen LogP contribution in [0, 0.1) is 0 Å². The molecule has 152 valence electrons. The Hall–Kier alpha value is -2.66. The molecular formula is C24H32N5+. The van der Waals surface area contributed by atoms with Gasteiger partial charge in [-0.2, -0.15) is 9.61 Å². The summed E-state index contributed by atoms with van der Waals surface area (Å²) in [5, 5.41) is 4.75. The zero-order valence-corrected chi connectivity index (χ0v) is 18.1. The molecule has 0 saturated carbocycles. The summed E-state index contributed by atoms with van der Waals surface area (Å²) in [7, 11) is 0. The van der Waals surface area contributed by atoms with Gasteiger partial charge in [0.05, 0.1) is 44.6 Å². The summed E-state index contributed by atoms with van der Waals surface area (Å²) >= 11 is 0. The molecule has 0 radical (unpaired) electrons. The van der Waals surface area contributed by atoms with E-state index in [-0.39, 0.29) is 5.41 Å². The normalized spacial score (nSPS) is 15.8. The first-order valence-electron chi connectivity index (χ1n) is 10.5. The zero-order valence-electron chi connectivity index (χ0n) is 18.1. The molecule has 0 spiro atoms. The van der Waals surface area contributed by atoms with Gasteiger partial charge in [0.2, 0.25) is 0 Å². The number of hydrogen-bond acceptors (Lipinski definition) is 3. The SMILES string of the molecule is C=C(C)C[NH+]1CCN(c2cc(C(C)(C)C)nc3c(-c4ccccc4)cnn23)CC1. The Bertz CT molecular complexity index is 1000. The quantitative estimate of drug-likeness (QED) is 0.696. The monoisotopic (exact) mass is 390 g/mol. The maximum Gasteiger partial charge on any atom is 0.165 e. The number of piperazine rings is 1. The maximum atomic E-state index is 5.05. The van der Waals surface area contributed by atoms with E-state index < -0.39 is 0 Å². The summed E-state index contributed by atoms with van der Waals surface area (Å²) in [4.78, 5) is 9.13. The highest BCUT2D eigenvalue weighted by molar-refractivity contribution is 5.78. The smallest absolute Gasteiger partial charge is 0.165 e. The third-order valence-electron chi connectivity index (χ3n) is 5.65. The van der Waals surface area contributed by atoms with Crippen LogP contribution in [0.4, 0.5) is 5.82 Å². The molecule has 1 aliphatic heterocycles. The van der Waals surface area contributed by atoms with E-state index in [0.29, 0.717) is 0 Å². The van der Waals surface area contributed by atoms with E-state index >= 15 is 0 Å². The van der Waals surface area contributed by atoms with Crippen molar-refractivity contribution < 1.29 is 4.90 Å². The van der Waals surface area contributed by atoms with Gasteiger partial charge in [-0.25, -0.2) is 4.98 Å². The highest BCUT2D eigenvalue weighted by Crippen LogP contribution is 2.30. The number of rotatable bonds is 4. The van der Waals surface area contributed by atoms with Crippen LogP contribution in [0.2, 0.25) is 0 Å². The lowest BCUT2D eigenvalue weighted by Crippen LogP contribution is -3.15. The van der Waals surface area contributed by atoms with Crippen LogP contribution in [0.1, 0.15) is 33.4 Å². The van der Waals surface area contributed by atoms with Gasteiger partial charge in [-0.3, -0.25) is 0 Å². The molecule has 0 bridgehead atoms. The Morgan fingerprint density at radius 2 is 1.83 bits per heavy atom. The lowest BCUT2D eigenvalue weighted by Gasteiger charge is -2.34. The van der Waals surface area contributed by atoms with Crippen LogP contribution >= 0.6 is 0 Å². The van der Waals surface area contributed by atoms with Crippen LogP contribution in [0.15, 0.2) is 54.7 Å². The molecule has 1 aromatic carbocycles. The van der Waals surface area contributed by atoms with Gasteiger partial charge in [-0.1, -0.05) is 57.7 Å². The van der Waals surface area contributed by atoms with Crippen LogP contribution in [-0.2, 0) is 5.41 Å². The fraction of sp³-hybridized carbons (Fsp3) is 0.417. The fourth-order valence-electron chi connectivity index (χ4n) is 4.03. The zero-order chi connectivity index (χ0) is 20.6. The van der Waals surface area contributed by atoms with Crippen molar-refractivity contribution in [2.45, 2.75) is 33.1 Å². The van der Waals surface area contributed by atoms with Crippen molar-refractivity contribution in [1.82, 2.24) is 14.6 Å². The Balaban J connectivity index is 1.76. The van der Waals surface area contributed by atoms with Crippen molar-refractivity contribution in [3.05, 3.63) is 60.4 Å². The Kier molecular flexibility index (Phi) is 5.17. The van der Waals surface area contributed by atoms with Crippen molar-refractivity contribution in [3.8, 4) is 11.1 Å². The molecule has 4 rings (SSSR count). The molecule has 0 unspecified atom stereocenters. The lowest BCUT2D eigenvalue weighted by atomic mass is 9.91. The van der Waals surface area contributed by atoms with Gasteiger partial charge >= 0.3 is 0 Å². The van der Waals surface area contributed by atoms with Crippen LogP contribution in [0.25, 0.3) is 16.8 Å². The van der Waals surface area contributed by atoms with Crippen molar-refractivity contribution in [1.29, 1.82) is 0 Å². The van der Waals surface area contributed by atoms with Gasteiger partial charge in [0, 0.05) is 17.0 Å². The molecular weight excluding hydrogens is 358 g/mol. The number of fused-ring (bicyclic) bond motifs is 1. The predicted molar refractivity (Wildman–Crippen MR) is 120 cm³/mol. The molecule has 1 N–H and O–H groups in total. The number of aromatic nitrogens is 3. The highest BCUT2D eigenvalue weighted by atomic mass is 15.4. The molecule has 1 aliphatic rings. The number of hydrogen-bond donors (Lipinski definition) is 1. The van der Waals surface area contributed by atoms with E-state index in [1.807, 2.05) is 16.8 Å². The van der Waals surface area contributed by atoms with Crippen LogP contribution < -0.4 is 9.80 Å². The summed E-state index contributed by atoms with van der Waals surface area (Å²) in [6.07, 6.45) is 1.95. The Labute approximate surface area is 173 Å². The van der Waals surface area contributed by atoms with E-state index in [2.05, 4.69) is 69.5 Å². The fourth-order valence-corrected chi connectivity index (χ4v) is 4.03. The molecule has 2 aromatic heterocycles. The number of nitrogens with one attached hydrogen (secondary N) is 1. The second kappa shape index (κ2) is 7.64. The number of anilines is 1. The minimum atomic E-state index is -0.0260. The third kappa shape index (κ3) is 4.06. The molecule has 5 nitrogen and oxygen atoms in total. The van der Waals surface area contributed by atoms with Crippen molar-refractivity contribution in [3.63, 3.8) is 0 Å². The average molecular weight is 391 g/mol. The van der Waals surface area contributed by atoms with E-state index in [1.165, 1.54) is 5.57 Å². The molecule has 0 amide bonds. The van der Waals surface area contributed by atoms with E-state index in [9.17, 15) is 0 Å². The predicted octanol–water partition coefficient (Wildman–Crippen LogP) is 2.97. The van der Waals surface area contributed by atoms with E-state index in [4.69, 9.17) is 10.1 Å². The molecule has 1 fully saturated rings. The van der Waals surface area contributed by atoms with E-state index in [0.717, 1.165) is 61.0 Å². The molecule has 0 aliphatic carbocycles. The molecule has 1 saturated heterocycles.